The normalized spacial score (nSPS) is 15.9. The summed E-state index contributed by atoms with van der Waals surface area (Å²) in [6.45, 7) is 10.1. The summed E-state index contributed by atoms with van der Waals surface area (Å²) in [6.07, 6.45) is -0.577. The Kier molecular flexibility index (Phi) is 3.55. The topological polar surface area (TPSA) is 29.5 Å². The van der Waals surface area contributed by atoms with Gasteiger partial charge in [-0.2, -0.15) is 0 Å². The molecule has 0 aliphatic carbocycles. The molecule has 1 atom stereocenters. The summed E-state index contributed by atoms with van der Waals surface area (Å²) in [5.41, 5.74) is 0. The van der Waals surface area contributed by atoms with Crippen LogP contribution < -0.4 is 0 Å². The van der Waals surface area contributed by atoms with Gasteiger partial charge >= 0.3 is 0 Å². The van der Waals surface area contributed by atoms with Gasteiger partial charge in [-0.1, -0.05) is 13.8 Å². The second-order valence-corrected chi connectivity index (χ2v) is 8.33. The van der Waals surface area contributed by atoms with Crippen molar-refractivity contribution in [2.45, 2.75) is 39.8 Å². The monoisotopic (exact) mass is 162 g/mol. The summed E-state index contributed by atoms with van der Waals surface area (Å²) in [5, 5.41) is 9.27. The van der Waals surface area contributed by atoms with Gasteiger partial charge in [0.25, 0.3) is 0 Å². The lowest BCUT2D eigenvalue weighted by molar-refractivity contribution is -0.0578. The number of hydrogen-bond acceptors (Lipinski definition) is 2. The SMILES string of the molecule is CC(C)C(O)O[Si](C)(C)C. The molecule has 0 fully saturated rings. The van der Waals surface area contributed by atoms with Crippen LogP contribution in [0.1, 0.15) is 13.8 Å². The van der Waals surface area contributed by atoms with Crippen molar-refractivity contribution in [3.63, 3.8) is 0 Å². The van der Waals surface area contributed by atoms with Gasteiger partial charge in [0.15, 0.2) is 8.32 Å². The average Bonchev–Trinajstić information content (AvgIpc) is 1.60. The predicted octanol–water partition coefficient (Wildman–Crippen LogP) is 1.81. The number of rotatable bonds is 3. The zero-order valence-electron chi connectivity index (χ0n) is 7.51. The maximum absolute atomic E-state index is 9.27. The first-order valence-corrected chi connectivity index (χ1v) is 7.09. The summed E-state index contributed by atoms with van der Waals surface area (Å²) in [4.78, 5) is 0. The molecule has 0 saturated carbocycles. The van der Waals surface area contributed by atoms with Gasteiger partial charge in [0.05, 0.1) is 0 Å². The van der Waals surface area contributed by atoms with Crippen molar-refractivity contribution >= 4 is 8.32 Å². The fraction of sp³-hybridized carbons (Fsp3) is 1.00. The zero-order valence-corrected chi connectivity index (χ0v) is 8.51. The van der Waals surface area contributed by atoms with Crippen LogP contribution in [0.15, 0.2) is 0 Å². The van der Waals surface area contributed by atoms with Gasteiger partial charge in [0, 0.05) is 5.92 Å². The highest BCUT2D eigenvalue weighted by Crippen LogP contribution is 2.11. The summed E-state index contributed by atoms with van der Waals surface area (Å²) < 4.78 is 5.39. The van der Waals surface area contributed by atoms with Gasteiger partial charge in [0.1, 0.15) is 6.29 Å². The molecule has 0 rings (SSSR count). The molecular weight excluding hydrogens is 144 g/mol. The fourth-order valence-corrected chi connectivity index (χ4v) is 1.49. The Morgan fingerprint density at radius 2 is 1.60 bits per heavy atom. The summed E-state index contributed by atoms with van der Waals surface area (Å²) in [6, 6.07) is 0. The minimum Gasteiger partial charge on any atom is -0.393 e. The van der Waals surface area contributed by atoms with E-state index in [4.69, 9.17) is 4.43 Å². The fourth-order valence-electron chi connectivity index (χ4n) is 0.498. The van der Waals surface area contributed by atoms with Crippen LogP contribution >= 0.6 is 0 Å². The first kappa shape index (κ1) is 10.1. The van der Waals surface area contributed by atoms with E-state index in [9.17, 15) is 5.11 Å². The first-order valence-electron chi connectivity index (χ1n) is 3.69. The molecule has 0 amide bonds. The highest BCUT2D eigenvalue weighted by Gasteiger charge is 2.20. The van der Waals surface area contributed by atoms with Gasteiger partial charge < -0.3 is 9.53 Å². The third-order valence-corrected chi connectivity index (χ3v) is 1.99. The Balaban J connectivity index is 3.68. The van der Waals surface area contributed by atoms with E-state index >= 15 is 0 Å². The Labute approximate surface area is 64.3 Å². The van der Waals surface area contributed by atoms with Crippen molar-refractivity contribution in [2.75, 3.05) is 0 Å². The van der Waals surface area contributed by atoms with Crippen molar-refractivity contribution in [1.82, 2.24) is 0 Å². The van der Waals surface area contributed by atoms with E-state index in [-0.39, 0.29) is 5.92 Å². The van der Waals surface area contributed by atoms with E-state index < -0.39 is 14.6 Å². The number of hydrogen-bond donors (Lipinski definition) is 1. The van der Waals surface area contributed by atoms with E-state index in [0.717, 1.165) is 0 Å². The second-order valence-electron chi connectivity index (χ2n) is 3.86. The van der Waals surface area contributed by atoms with Crippen LogP contribution in [0.4, 0.5) is 0 Å². The standard InChI is InChI=1S/C7H18O2Si/c1-6(2)7(8)9-10(3,4)5/h6-8H,1-5H3. The molecule has 0 saturated heterocycles. The largest absolute Gasteiger partial charge is 0.393 e. The minimum absolute atomic E-state index is 0.201. The van der Waals surface area contributed by atoms with E-state index in [2.05, 4.69) is 19.6 Å². The van der Waals surface area contributed by atoms with Crippen LogP contribution in [0, 0.1) is 5.92 Å². The van der Waals surface area contributed by atoms with E-state index in [1.165, 1.54) is 0 Å². The predicted molar refractivity (Wildman–Crippen MR) is 45.3 cm³/mol. The van der Waals surface area contributed by atoms with E-state index in [0.29, 0.717) is 0 Å². The van der Waals surface area contributed by atoms with Crippen LogP contribution in [0.25, 0.3) is 0 Å². The smallest absolute Gasteiger partial charge is 0.187 e. The molecule has 0 bridgehead atoms. The Morgan fingerprint density at radius 3 is 1.70 bits per heavy atom. The minimum atomic E-state index is -1.53. The molecule has 3 heteroatoms. The highest BCUT2D eigenvalue weighted by molar-refractivity contribution is 6.69. The van der Waals surface area contributed by atoms with Crippen molar-refractivity contribution in [3.8, 4) is 0 Å². The molecule has 0 spiro atoms. The first-order chi connectivity index (χ1) is 4.33. The van der Waals surface area contributed by atoms with Gasteiger partial charge in [-0.15, -0.1) is 0 Å². The van der Waals surface area contributed by atoms with E-state index in [1.807, 2.05) is 13.8 Å². The maximum atomic E-state index is 9.27. The van der Waals surface area contributed by atoms with Crippen LogP contribution in [0.3, 0.4) is 0 Å². The van der Waals surface area contributed by atoms with Crippen molar-refractivity contribution in [1.29, 1.82) is 0 Å². The molecule has 0 aliphatic rings. The summed E-state index contributed by atoms with van der Waals surface area (Å²) >= 11 is 0. The van der Waals surface area contributed by atoms with Crippen LogP contribution in [-0.2, 0) is 4.43 Å². The van der Waals surface area contributed by atoms with Gasteiger partial charge in [-0.05, 0) is 19.6 Å². The molecule has 62 valence electrons. The number of aliphatic hydroxyl groups excluding tert-OH is 1. The van der Waals surface area contributed by atoms with Crippen LogP contribution in [-0.4, -0.2) is 19.7 Å². The third kappa shape index (κ3) is 4.96. The highest BCUT2D eigenvalue weighted by atomic mass is 28.4. The molecule has 0 aromatic heterocycles. The van der Waals surface area contributed by atoms with Crippen LogP contribution in [0.2, 0.25) is 19.6 Å². The third-order valence-electron chi connectivity index (χ3n) is 1.04. The van der Waals surface area contributed by atoms with Crippen molar-refractivity contribution < 1.29 is 9.53 Å². The lowest BCUT2D eigenvalue weighted by Gasteiger charge is -2.24. The second kappa shape index (κ2) is 3.51. The zero-order chi connectivity index (χ0) is 8.36. The van der Waals surface area contributed by atoms with Crippen LogP contribution in [0.5, 0.6) is 0 Å². The summed E-state index contributed by atoms with van der Waals surface area (Å²) in [5.74, 6) is 0.201. The quantitative estimate of drug-likeness (QED) is 0.506. The Morgan fingerprint density at radius 1 is 1.20 bits per heavy atom. The Bertz CT molecular complexity index is 96.3. The maximum Gasteiger partial charge on any atom is 0.187 e. The molecule has 0 aromatic rings. The van der Waals surface area contributed by atoms with Gasteiger partial charge in [-0.3, -0.25) is 0 Å². The lowest BCUT2D eigenvalue weighted by atomic mass is 10.2. The van der Waals surface area contributed by atoms with Gasteiger partial charge in [0.2, 0.25) is 0 Å². The molecule has 0 heterocycles. The lowest BCUT2D eigenvalue weighted by Crippen LogP contribution is -2.34. The van der Waals surface area contributed by atoms with Gasteiger partial charge in [-0.25, -0.2) is 0 Å². The Hall–Kier alpha value is 0.137. The molecule has 1 N–H and O–H groups in total. The molecule has 10 heavy (non-hydrogen) atoms. The molecule has 0 aliphatic heterocycles. The molecule has 0 aromatic carbocycles. The average molecular weight is 162 g/mol. The molecule has 0 radical (unpaired) electrons. The molecule has 2 nitrogen and oxygen atoms in total. The molecular formula is C7H18O2Si. The van der Waals surface area contributed by atoms with Crippen molar-refractivity contribution in [2.24, 2.45) is 5.92 Å². The number of aliphatic hydroxyl groups is 1. The van der Waals surface area contributed by atoms with Crippen molar-refractivity contribution in [3.05, 3.63) is 0 Å². The summed E-state index contributed by atoms with van der Waals surface area (Å²) in [7, 11) is -1.53. The van der Waals surface area contributed by atoms with E-state index in [1.54, 1.807) is 0 Å². The molecule has 1 unspecified atom stereocenters.